The molecule has 0 saturated heterocycles. The second kappa shape index (κ2) is 14.2. The maximum absolute atomic E-state index is 14.4. The highest BCUT2D eigenvalue weighted by atomic mass is 19.1. The molecule has 0 aliphatic heterocycles. The van der Waals surface area contributed by atoms with Gasteiger partial charge in [0.05, 0.1) is 24.8 Å². The fraction of sp³-hybridized carbons (Fsp3) is 0.194. The van der Waals surface area contributed by atoms with Crippen molar-refractivity contribution in [3.8, 4) is 33.7 Å². The SMILES string of the molecule is CC(C)n1c(C=C[C@@H](O)C[C@@H](O)CC(=O)O)c(-c2ccc(F)cc2)c(-c2ccccc2)c1C(=O)Nc1cccc(-c2ncco2)c1. The third kappa shape index (κ3) is 7.31. The predicted octanol–water partition coefficient (Wildman–Crippen LogP) is 7.05. The van der Waals surface area contributed by atoms with Gasteiger partial charge in [0.2, 0.25) is 5.89 Å². The highest BCUT2D eigenvalue weighted by Gasteiger charge is 2.29. The Balaban J connectivity index is 1.69. The minimum Gasteiger partial charge on any atom is -0.481 e. The number of anilines is 1. The summed E-state index contributed by atoms with van der Waals surface area (Å²) in [6.07, 6.45) is 2.99. The van der Waals surface area contributed by atoms with Crippen LogP contribution >= 0.6 is 0 Å². The number of oxazole rings is 1. The van der Waals surface area contributed by atoms with Crippen LogP contribution in [0.2, 0.25) is 0 Å². The fourth-order valence-corrected chi connectivity index (χ4v) is 5.46. The summed E-state index contributed by atoms with van der Waals surface area (Å²) in [5.41, 5.74) is 4.70. The molecule has 46 heavy (non-hydrogen) atoms. The molecule has 1 amide bonds. The van der Waals surface area contributed by atoms with Crippen LogP contribution in [0.4, 0.5) is 10.1 Å². The van der Waals surface area contributed by atoms with Crippen molar-refractivity contribution in [1.82, 2.24) is 9.55 Å². The number of nitrogens with one attached hydrogen (secondary N) is 1. The molecule has 5 aromatic rings. The summed E-state index contributed by atoms with van der Waals surface area (Å²) in [4.78, 5) is 29.6. The van der Waals surface area contributed by atoms with Crippen LogP contribution in [0.1, 0.15) is 48.9 Å². The quantitative estimate of drug-likeness (QED) is 0.117. The summed E-state index contributed by atoms with van der Waals surface area (Å²) >= 11 is 0. The molecule has 0 saturated carbocycles. The molecule has 10 heteroatoms. The molecule has 4 N–H and O–H groups in total. The molecule has 0 bridgehead atoms. The van der Waals surface area contributed by atoms with Gasteiger partial charge in [-0.15, -0.1) is 0 Å². The molecule has 2 heterocycles. The summed E-state index contributed by atoms with van der Waals surface area (Å²) in [7, 11) is 0. The summed E-state index contributed by atoms with van der Waals surface area (Å²) in [6.45, 7) is 3.85. The number of amides is 1. The lowest BCUT2D eigenvalue weighted by atomic mass is 9.94. The van der Waals surface area contributed by atoms with Crippen LogP contribution in [0.3, 0.4) is 0 Å². The number of aliphatic hydroxyl groups is 2. The van der Waals surface area contributed by atoms with Gasteiger partial charge in [-0.1, -0.05) is 54.6 Å². The van der Waals surface area contributed by atoms with Gasteiger partial charge in [0.25, 0.3) is 5.91 Å². The molecule has 0 fully saturated rings. The van der Waals surface area contributed by atoms with Crippen molar-refractivity contribution in [2.45, 2.75) is 44.9 Å². The molecule has 0 aliphatic rings. The van der Waals surface area contributed by atoms with E-state index in [9.17, 15) is 24.2 Å². The predicted molar refractivity (Wildman–Crippen MR) is 173 cm³/mol. The molecule has 9 nitrogen and oxygen atoms in total. The number of aliphatic carboxylic acids is 1. The molecule has 2 atom stereocenters. The lowest BCUT2D eigenvalue weighted by Crippen LogP contribution is -2.20. The van der Waals surface area contributed by atoms with Gasteiger partial charge in [0, 0.05) is 40.5 Å². The number of carboxylic acid groups (broad SMARTS) is 1. The summed E-state index contributed by atoms with van der Waals surface area (Å²) in [6, 6.07) is 22.2. The van der Waals surface area contributed by atoms with Gasteiger partial charge in [0.15, 0.2) is 0 Å². The minimum atomic E-state index is -1.25. The van der Waals surface area contributed by atoms with Crippen LogP contribution in [-0.4, -0.2) is 49.0 Å². The normalized spacial score (nSPS) is 12.8. The first-order valence-electron chi connectivity index (χ1n) is 14.8. The van der Waals surface area contributed by atoms with E-state index in [0.717, 1.165) is 5.56 Å². The van der Waals surface area contributed by atoms with Crippen molar-refractivity contribution < 1.29 is 33.7 Å². The van der Waals surface area contributed by atoms with Crippen LogP contribution in [-0.2, 0) is 4.79 Å². The molecular weight excluding hydrogens is 589 g/mol. The first kappa shape index (κ1) is 32.1. The van der Waals surface area contributed by atoms with Gasteiger partial charge in [-0.3, -0.25) is 9.59 Å². The second-order valence-corrected chi connectivity index (χ2v) is 11.1. The Bertz CT molecular complexity index is 1830. The van der Waals surface area contributed by atoms with Crippen LogP contribution in [0.5, 0.6) is 0 Å². The van der Waals surface area contributed by atoms with Crippen LogP contribution in [0, 0.1) is 5.82 Å². The molecule has 5 rings (SSSR count). The van der Waals surface area contributed by atoms with Gasteiger partial charge in [-0.2, -0.15) is 0 Å². The summed E-state index contributed by atoms with van der Waals surface area (Å²) in [5, 5.41) is 32.9. The Morgan fingerprint density at radius 3 is 2.30 bits per heavy atom. The van der Waals surface area contributed by atoms with Crippen LogP contribution in [0.15, 0.2) is 102 Å². The smallest absolute Gasteiger partial charge is 0.305 e. The van der Waals surface area contributed by atoms with E-state index in [1.807, 2.05) is 54.8 Å². The number of carbonyl (C=O) groups excluding carboxylic acids is 1. The number of hydrogen-bond donors (Lipinski definition) is 4. The van der Waals surface area contributed by atoms with Crippen molar-refractivity contribution in [3.63, 3.8) is 0 Å². The van der Waals surface area contributed by atoms with E-state index in [2.05, 4.69) is 10.3 Å². The van der Waals surface area contributed by atoms with Gasteiger partial charge in [-0.25, -0.2) is 9.37 Å². The van der Waals surface area contributed by atoms with Gasteiger partial charge >= 0.3 is 5.97 Å². The van der Waals surface area contributed by atoms with Gasteiger partial charge in [0.1, 0.15) is 17.8 Å². The first-order chi connectivity index (χ1) is 22.1. The number of benzene rings is 3. The maximum atomic E-state index is 14.4. The number of aliphatic hydroxyl groups excluding tert-OH is 2. The topological polar surface area (TPSA) is 138 Å². The van der Waals surface area contributed by atoms with E-state index < -0.39 is 36.3 Å². The van der Waals surface area contributed by atoms with E-state index in [0.29, 0.717) is 45.2 Å². The molecular formula is C36H34FN3O6. The number of carbonyl (C=O) groups is 2. The number of aromatic nitrogens is 2. The average Bonchev–Trinajstić information content (AvgIpc) is 3.68. The van der Waals surface area contributed by atoms with E-state index in [1.165, 1.54) is 30.7 Å². The van der Waals surface area contributed by atoms with Crippen molar-refractivity contribution >= 4 is 23.6 Å². The zero-order valence-electron chi connectivity index (χ0n) is 25.3. The largest absolute Gasteiger partial charge is 0.481 e. The molecule has 0 unspecified atom stereocenters. The van der Waals surface area contributed by atoms with Crippen molar-refractivity contribution in [3.05, 3.63) is 115 Å². The average molecular weight is 624 g/mol. The molecule has 0 radical (unpaired) electrons. The number of halogens is 1. The van der Waals surface area contributed by atoms with Crippen LogP contribution in [0.25, 0.3) is 39.8 Å². The third-order valence-electron chi connectivity index (χ3n) is 7.37. The number of carboxylic acids is 1. The molecule has 0 spiro atoms. The zero-order chi connectivity index (χ0) is 32.8. The van der Waals surface area contributed by atoms with Crippen molar-refractivity contribution in [1.29, 1.82) is 0 Å². The first-order valence-corrected chi connectivity index (χ1v) is 14.8. The number of hydrogen-bond acceptors (Lipinski definition) is 6. The van der Waals surface area contributed by atoms with E-state index in [-0.39, 0.29) is 12.5 Å². The Hall–Kier alpha value is -5.32. The highest BCUT2D eigenvalue weighted by Crippen LogP contribution is 2.43. The molecule has 2 aromatic heterocycles. The maximum Gasteiger partial charge on any atom is 0.305 e. The number of rotatable bonds is 12. The van der Waals surface area contributed by atoms with E-state index in [1.54, 1.807) is 36.4 Å². The van der Waals surface area contributed by atoms with E-state index in [4.69, 9.17) is 9.52 Å². The fourth-order valence-electron chi connectivity index (χ4n) is 5.46. The molecule has 0 aliphatic carbocycles. The standard InChI is InChI=1S/C36H34FN3O6/c1-22(2)40-30(16-15-28(41)20-29(42)21-31(43)44)32(24-11-13-26(37)14-12-24)33(23-7-4-3-5-8-23)34(40)35(45)39-27-10-6-9-25(19-27)36-38-17-18-46-36/h3-19,22,28-29,41-42H,20-21H2,1-2H3,(H,39,45)(H,43,44)/t28-,29-/m1/s1. The Kier molecular flexibility index (Phi) is 9.90. The summed E-state index contributed by atoms with van der Waals surface area (Å²) in [5.74, 6) is -1.59. The van der Waals surface area contributed by atoms with Gasteiger partial charge < -0.3 is 29.6 Å². The Labute approximate surface area is 265 Å². The zero-order valence-corrected chi connectivity index (χ0v) is 25.3. The van der Waals surface area contributed by atoms with Crippen molar-refractivity contribution in [2.24, 2.45) is 0 Å². The van der Waals surface area contributed by atoms with E-state index >= 15 is 0 Å². The van der Waals surface area contributed by atoms with Crippen molar-refractivity contribution in [2.75, 3.05) is 5.32 Å². The summed E-state index contributed by atoms with van der Waals surface area (Å²) < 4.78 is 21.4. The van der Waals surface area contributed by atoms with Crippen LogP contribution < -0.4 is 5.32 Å². The third-order valence-corrected chi connectivity index (χ3v) is 7.37. The highest BCUT2D eigenvalue weighted by molar-refractivity contribution is 6.12. The minimum absolute atomic E-state index is 0.198. The Morgan fingerprint density at radius 2 is 1.65 bits per heavy atom. The molecule has 3 aromatic carbocycles. The Morgan fingerprint density at radius 1 is 0.957 bits per heavy atom. The molecule has 236 valence electrons. The van der Waals surface area contributed by atoms with Gasteiger partial charge in [-0.05, 0) is 61.4 Å². The lowest BCUT2D eigenvalue weighted by Gasteiger charge is -2.17. The second-order valence-electron chi connectivity index (χ2n) is 11.1. The number of nitrogens with zero attached hydrogens (tertiary/aromatic N) is 2. The lowest BCUT2D eigenvalue weighted by molar-refractivity contribution is -0.139. The monoisotopic (exact) mass is 623 g/mol.